The Hall–Kier alpha value is -1.69. The predicted molar refractivity (Wildman–Crippen MR) is 56.3 cm³/mol. The third kappa shape index (κ3) is 2.11. The van der Waals surface area contributed by atoms with Gasteiger partial charge in [-0.05, 0) is 25.8 Å². The smallest absolute Gasteiger partial charge is 0.342 e. The molecule has 0 saturated carbocycles. The monoisotopic (exact) mass is 223 g/mol. The quantitative estimate of drug-likeness (QED) is 0.749. The van der Waals surface area contributed by atoms with Gasteiger partial charge in [-0.15, -0.1) is 0 Å². The number of hydrogen-bond donors (Lipinski definition) is 2. The number of aromatic nitrogens is 2. The van der Waals surface area contributed by atoms with Gasteiger partial charge in [-0.25, -0.2) is 4.79 Å². The van der Waals surface area contributed by atoms with E-state index in [1.807, 2.05) is 0 Å². The number of aromatic carboxylic acids is 1. The largest absolute Gasteiger partial charge is 0.477 e. The maximum atomic E-state index is 11.2. The second-order valence-corrected chi connectivity index (χ2v) is 3.81. The molecule has 6 heteroatoms. The highest BCUT2D eigenvalue weighted by atomic mass is 16.4. The molecule has 16 heavy (non-hydrogen) atoms. The topological polar surface area (TPSA) is 84.2 Å². The van der Waals surface area contributed by atoms with Crippen LogP contribution in [-0.2, 0) is 0 Å². The SMILES string of the molecule is O=C(O)c1cn(C2CCCCN2)cnc1=O. The molecule has 1 unspecified atom stereocenters. The molecule has 1 atom stereocenters. The first kappa shape index (κ1) is 10.8. The van der Waals surface area contributed by atoms with Gasteiger partial charge in [0.05, 0.1) is 6.17 Å². The van der Waals surface area contributed by atoms with Gasteiger partial charge >= 0.3 is 5.97 Å². The van der Waals surface area contributed by atoms with Gasteiger partial charge in [0.25, 0.3) is 5.56 Å². The van der Waals surface area contributed by atoms with E-state index in [0.717, 1.165) is 25.8 Å². The van der Waals surface area contributed by atoms with Crippen LogP contribution in [0.2, 0.25) is 0 Å². The average molecular weight is 223 g/mol. The molecule has 2 rings (SSSR count). The number of carbonyl (C=O) groups is 1. The molecule has 1 fully saturated rings. The average Bonchev–Trinajstić information content (AvgIpc) is 2.30. The van der Waals surface area contributed by atoms with Crippen molar-refractivity contribution >= 4 is 5.97 Å². The third-order valence-corrected chi connectivity index (χ3v) is 2.69. The van der Waals surface area contributed by atoms with Crippen molar-refractivity contribution in [2.75, 3.05) is 6.54 Å². The van der Waals surface area contributed by atoms with Crippen molar-refractivity contribution < 1.29 is 9.90 Å². The predicted octanol–water partition coefficient (Wildman–Crippen LogP) is 0.214. The molecule has 2 N–H and O–H groups in total. The zero-order valence-corrected chi connectivity index (χ0v) is 8.72. The minimum Gasteiger partial charge on any atom is -0.477 e. The van der Waals surface area contributed by atoms with Gasteiger partial charge in [-0.3, -0.25) is 10.1 Å². The zero-order valence-electron chi connectivity index (χ0n) is 8.72. The molecule has 1 saturated heterocycles. The Balaban J connectivity index is 2.31. The summed E-state index contributed by atoms with van der Waals surface area (Å²) in [6, 6.07) is 0. The number of hydrogen-bond acceptors (Lipinski definition) is 4. The summed E-state index contributed by atoms with van der Waals surface area (Å²) in [6.07, 6.45) is 5.91. The van der Waals surface area contributed by atoms with E-state index in [1.165, 1.54) is 12.5 Å². The zero-order chi connectivity index (χ0) is 11.5. The molecule has 0 radical (unpaired) electrons. The van der Waals surface area contributed by atoms with Crippen molar-refractivity contribution in [2.24, 2.45) is 0 Å². The van der Waals surface area contributed by atoms with E-state index in [1.54, 1.807) is 4.57 Å². The molecule has 0 amide bonds. The first-order valence-corrected chi connectivity index (χ1v) is 5.23. The fourth-order valence-corrected chi connectivity index (χ4v) is 1.83. The Kier molecular flexibility index (Phi) is 3.00. The number of carboxylic acid groups (broad SMARTS) is 1. The minimum atomic E-state index is -1.23. The molecule has 1 aliphatic rings. The molecule has 0 aliphatic carbocycles. The van der Waals surface area contributed by atoms with Crippen molar-refractivity contribution in [1.29, 1.82) is 0 Å². The summed E-state index contributed by atoms with van der Waals surface area (Å²) in [6.45, 7) is 0.902. The molecule has 2 heterocycles. The minimum absolute atomic E-state index is 0.0416. The summed E-state index contributed by atoms with van der Waals surface area (Å²) in [5.41, 5.74) is -0.977. The molecule has 1 aliphatic heterocycles. The molecule has 86 valence electrons. The fraction of sp³-hybridized carbons (Fsp3) is 0.500. The van der Waals surface area contributed by atoms with Gasteiger partial charge < -0.3 is 9.67 Å². The van der Waals surface area contributed by atoms with Gasteiger partial charge in [0.15, 0.2) is 0 Å². The van der Waals surface area contributed by atoms with Crippen molar-refractivity contribution in [2.45, 2.75) is 25.4 Å². The lowest BCUT2D eigenvalue weighted by atomic mass is 10.1. The van der Waals surface area contributed by atoms with Crippen molar-refractivity contribution in [1.82, 2.24) is 14.9 Å². The molecule has 1 aromatic heterocycles. The lowest BCUT2D eigenvalue weighted by Gasteiger charge is -2.25. The summed E-state index contributed by atoms with van der Waals surface area (Å²) >= 11 is 0. The van der Waals surface area contributed by atoms with Crippen LogP contribution in [0.1, 0.15) is 35.8 Å². The van der Waals surface area contributed by atoms with Crippen LogP contribution >= 0.6 is 0 Å². The molecular weight excluding hydrogens is 210 g/mol. The van der Waals surface area contributed by atoms with Gasteiger partial charge in [0.1, 0.15) is 11.9 Å². The normalized spacial score (nSPS) is 20.6. The highest BCUT2D eigenvalue weighted by molar-refractivity contribution is 5.86. The van der Waals surface area contributed by atoms with Gasteiger partial charge in [0, 0.05) is 6.20 Å². The van der Waals surface area contributed by atoms with E-state index in [4.69, 9.17) is 5.11 Å². The summed E-state index contributed by atoms with van der Waals surface area (Å²) < 4.78 is 1.66. The van der Waals surface area contributed by atoms with Crippen LogP contribution in [0.3, 0.4) is 0 Å². The molecule has 1 aromatic rings. The molecule has 6 nitrogen and oxygen atoms in total. The van der Waals surface area contributed by atoms with Gasteiger partial charge in [-0.2, -0.15) is 4.98 Å². The van der Waals surface area contributed by atoms with Crippen LogP contribution in [-0.4, -0.2) is 27.2 Å². The Morgan fingerprint density at radius 2 is 2.38 bits per heavy atom. The highest BCUT2D eigenvalue weighted by Crippen LogP contribution is 2.15. The van der Waals surface area contributed by atoms with E-state index >= 15 is 0 Å². The summed E-state index contributed by atoms with van der Waals surface area (Å²) in [5, 5.41) is 12.1. The van der Waals surface area contributed by atoms with Crippen LogP contribution in [0.5, 0.6) is 0 Å². The Morgan fingerprint density at radius 1 is 1.56 bits per heavy atom. The van der Waals surface area contributed by atoms with E-state index < -0.39 is 11.5 Å². The maximum Gasteiger partial charge on any atom is 0.342 e. The number of piperidine rings is 1. The number of nitrogens with zero attached hydrogens (tertiary/aromatic N) is 2. The van der Waals surface area contributed by atoms with Gasteiger partial charge in [0.2, 0.25) is 0 Å². The second-order valence-electron chi connectivity index (χ2n) is 3.81. The van der Waals surface area contributed by atoms with Gasteiger partial charge in [-0.1, -0.05) is 0 Å². The first-order chi connectivity index (χ1) is 7.68. The summed E-state index contributed by atoms with van der Waals surface area (Å²) in [5.74, 6) is -1.23. The fourth-order valence-electron chi connectivity index (χ4n) is 1.83. The first-order valence-electron chi connectivity index (χ1n) is 5.23. The molecule has 0 spiro atoms. The summed E-state index contributed by atoms with van der Waals surface area (Å²) in [7, 11) is 0. The van der Waals surface area contributed by atoms with E-state index in [2.05, 4.69) is 10.3 Å². The van der Waals surface area contributed by atoms with Crippen LogP contribution < -0.4 is 10.9 Å². The lowest BCUT2D eigenvalue weighted by molar-refractivity contribution is 0.0693. The Morgan fingerprint density at radius 3 is 3.00 bits per heavy atom. The molecule has 0 bridgehead atoms. The Labute approximate surface area is 91.9 Å². The van der Waals surface area contributed by atoms with E-state index in [9.17, 15) is 9.59 Å². The third-order valence-electron chi connectivity index (χ3n) is 2.69. The highest BCUT2D eigenvalue weighted by Gasteiger charge is 2.16. The van der Waals surface area contributed by atoms with Crippen LogP contribution in [0.15, 0.2) is 17.3 Å². The molecular formula is C10H13N3O3. The van der Waals surface area contributed by atoms with Crippen molar-refractivity contribution in [3.63, 3.8) is 0 Å². The van der Waals surface area contributed by atoms with Crippen molar-refractivity contribution in [3.8, 4) is 0 Å². The summed E-state index contributed by atoms with van der Waals surface area (Å²) in [4.78, 5) is 25.5. The maximum absolute atomic E-state index is 11.2. The number of nitrogens with one attached hydrogen (secondary N) is 1. The van der Waals surface area contributed by atoms with Crippen LogP contribution in [0.25, 0.3) is 0 Å². The second kappa shape index (κ2) is 4.44. The number of rotatable bonds is 2. The van der Waals surface area contributed by atoms with Crippen LogP contribution in [0.4, 0.5) is 0 Å². The van der Waals surface area contributed by atoms with Crippen molar-refractivity contribution in [3.05, 3.63) is 28.4 Å². The van der Waals surface area contributed by atoms with E-state index in [-0.39, 0.29) is 11.7 Å². The number of carboxylic acids is 1. The Bertz CT molecular complexity index is 449. The van der Waals surface area contributed by atoms with Crippen LogP contribution in [0, 0.1) is 0 Å². The molecule has 0 aromatic carbocycles. The standard InChI is InChI=1S/C10H13N3O3/c14-9-7(10(15)16)5-13(6-12-9)8-3-1-2-4-11-8/h5-6,8,11H,1-4H2,(H,15,16). The van der Waals surface area contributed by atoms with E-state index in [0.29, 0.717) is 0 Å². The lowest BCUT2D eigenvalue weighted by Crippen LogP contribution is -2.33.